The van der Waals surface area contributed by atoms with Crippen molar-refractivity contribution in [2.24, 2.45) is 5.73 Å². The van der Waals surface area contributed by atoms with Gasteiger partial charge in [0.2, 0.25) is 5.91 Å². The van der Waals surface area contributed by atoms with E-state index in [1.54, 1.807) is 19.3 Å². The van der Waals surface area contributed by atoms with Gasteiger partial charge in [0.05, 0.1) is 6.61 Å². The van der Waals surface area contributed by atoms with Gasteiger partial charge >= 0.3 is 0 Å². The van der Waals surface area contributed by atoms with Gasteiger partial charge in [-0.25, -0.2) is 0 Å². The summed E-state index contributed by atoms with van der Waals surface area (Å²) < 4.78 is 10.6. The highest BCUT2D eigenvalue weighted by molar-refractivity contribution is 5.73. The van der Waals surface area contributed by atoms with Crippen molar-refractivity contribution in [1.82, 2.24) is 0 Å². The lowest BCUT2D eigenvalue weighted by Crippen LogP contribution is -2.14. The molecule has 4 heteroatoms. The minimum atomic E-state index is -0.312. The van der Waals surface area contributed by atoms with E-state index in [1.807, 2.05) is 6.92 Å². The average molecular weight is 213 g/mol. The summed E-state index contributed by atoms with van der Waals surface area (Å²) in [6, 6.07) is 0. The van der Waals surface area contributed by atoms with Crippen LogP contribution < -0.4 is 5.73 Å². The molecule has 0 aromatic heterocycles. The zero-order valence-corrected chi connectivity index (χ0v) is 9.36. The predicted molar refractivity (Wildman–Crippen MR) is 59.1 cm³/mol. The molecular weight excluding hydrogens is 194 g/mol. The monoisotopic (exact) mass is 213 g/mol. The van der Waals surface area contributed by atoms with Crippen LogP contribution in [0.5, 0.6) is 0 Å². The number of hydrogen-bond donors (Lipinski definition) is 1. The summed E-state index contributed by atoms with van der Waals surface area (Å²) in [6.45, 7) is 5.92. The van der Waals surface area contributed by atoms with E-state index in [0.717, 1.165) is 0 Å². The van der Waals surface area contributed by atoms with E-state index < -0.39 is 0 Å². The molecule has 2 N–H and O–H groups in total. The lowest BCUT2D eigenvalue weighted by molar-refractivity contribution is -0.118. The van der Waals surface area contributed by atoms with Crippen molar-refractivity contribution in [3.05, 3.63) is 24.5 Å². The fraction of sp³-hybridized carbons (Fsp3) is 0.545. The third-order valence-electron chi connectivity index (χ3n) is 1.87. The molecule has 0 unspecified atom stereocenters. The summed E-state index contributed by atoms with van der Waals surface area (Å²) in [5.41, 5.74) is 5.00. The van der Waals surface area contributed by atoms with Crippen LogP contribution in [-0.4, -0.2) is 25.7 Å². The maximum atomic E-state index is 10.5. The Kier molecular flexibility index (Phi) is 7.36. The average Bonchev–Trinajstić information content (AvgIpc) is 2.21. The molecular formula is C11H19NO3. The molecule has 0 aromatic rings. The van der Waals surface area contributed by atoms with Gasteiger partial charge in [0.1, 0.15) is 11.9 Å². The number of carbonyl (C=O) groups excluding carboxylic acids is 1. The number of ether oxygens (including phenoxy) is 2. The largest absolute Gasteiger partial charge is 0.495 e. The zero-order valence-electron chi connectivity index (χ0n) is 9.36. The van der Waals surface area contributed by atoms with Gasteiger partial charge in [-0.1, -0.05) is 12.7 Å². The molecule has 86 valence electrons. The fourth-order valence-corrected chi connectivity index (χ4v) is 0.970. The van der Waals surface area contributed by atoms with Gasteiger partial charge in [-0.3, -0.25) is 4.79 Å². The molecule has 4 nitrogen and oxygen atoms in total. The van der Waals surface area contributed by atoms with Crippen LogP contribution in [0.3, 0.4) is 0 Å². The summed E-state index contributed by atoms with van der Waals surface area (Å²) in [7, 11) is 1.61. The molecule has 0 bridgehead atoms. The summed E-state index contributed by atoms with van der Waals surface area (Å²) in [4.78, 5) is 10.5. The molecule has 0 aliphatic heterocycles. The molecule has 0 aromatic carbocycles. The van der Waals surface area contributed by atoms with Gasteiger partial charge in [-0.15, -0.1) is 0 Å². The first-order chi connectivity index (χ1) is 7.11. The Labute approximate surface area is 90.7 Å². The Bertz CT molecular complexity index is 236. The topological polar surface area (TPSA) is 61.5 Å². The second-order valence-corrected chi connectivity index (χ2v) is 3.10. The standard InChI is InChI=1S/C11H19NO3/c1-4-6-10(9(2)14-3)15-8-5-7-11(12)13/h4,6,9H,1,5,7-8H2,2-3H3,(H2,12,13)/b10-6-/t9-/m1/s1. The summed E-state index contributed by atoms with van der Waals surface area (Å²) >= 11 is 0. The smallest absolute Gasteiger partial charge is 0.217 e. The molecule has 1 amide bonds. The van der Waals surface area contributed by atoms with Crippen LogP contribution >= 0.6 is 0 Å². The van der Waals surface area contributed by atoms with E-state index in [1.165, 1.54) is 0 Å². The first-order valence-corrected chi connectivity index (χ1v) is 4.88. The van der Waals surface area contributed by atoms with Crippen LogP contribution in [-0.2, 0) is 14.3 Å². The van der Waals surface area contributed by atoms with Crippen LogP contribution in [0.25, 0.3) is 0 Å². The normalized spacial score (nSPS) is 13.3. The van der Waals surface area contributed by atoms with Crippen molar-refractivity contribution in [1.29, 1.82) is 0 Å². The summed E-state index contributed by atoms with van der Waals surface area (Å²) in [5, 5.41) is 0. The predicted octanol–water partition coefficient (Wildman–Crippen LogP) is 1.37. The maximum absolute atomic E-state index is 10.5. The number of hydrogen-bond acceptors (Lipinski definition) is 3. The van der Waals surface area contributed by atoms with Gasteiger partial charge in [-0.2, -0.15) is 0 Å². The van der Waals surface area contributed by atoms with Gasteiger partial charge in [0, 0.05) is 13.5 Å². The van der Waals surface area contributed by atoms with Gasteiger partial charge in [-0.05, 0) is 19.4 Å². The number of rotatable bonds is 8. The summed E-state index contributed by atoms with van der Waals surface area (Å²) in [5.74, 6) is 0.393. The Morgan fingerprint density at radius 3 is 2.73 bits per heavy atom. The highest BCUT2D eigenvalue weighted by Crippen LogP contribution is 2.08. The van der Waals surface area contributed by atoms with Crippen LogP contribution in [0.15, 0.2) is 24.5 Å². The third-order valence-corrected chi connectivity index (χ3v) is 1.87. The summed E-state index contributed by atoms with van der Waals surface area (Å²) in [6.07, 6.45) is 4.22. The van der Waals surface area contributed by atoms with E-state index >= 15 is 0 Å². The van der Waals surface area contributed by atoms with Crippen LogP contribution in [0.1, 0.15) is 19.8 Å². The second kappa shape index (κ2) is 8.05. The molecule has 0 aliphatic rings. The van der Waals surface area contributed by atoms with E-state index in [2.05, 4.69) is 6.58 Å². The highest BCUT2D eigenvalue weighted by atomic mass is 16.5. The Hall–Kier alpha value is -1.29. The van der Waals surface area contributed by atoms with Gasteiger partial charge in [0.25, 0.3) is 0 Å². The van der Waals surface area contributed by atoms with E-state index in [0.29, 0.717) is 25.2 Å². The minimum Gasteiger partial charge on any atom is -0.495 e. The Morgan fingerprint density at radius 1 is 1.60 bits per heavy atom. The van der Waals surface area contributed by atoms with Crippen molar-refractivity contribution in [3.8, 4) is 0 Å². The van der Waals surface area contributed by atoms with Crippen molar-refractivity contribution < 1.29 is 14.3 Å². The lowest BCUT2D eigenvalue weighted by atomic mass is 10.3. The molecule has 0 heterocycles. The van der Waals surface area contributed by atoms with Crippen LogP contribution in [0, 0.1) is 0 Å². The number of primary amides is 1. The molecule has 15 heavy (non-hydrogen) atoms. The molecule has 0 saturated heterocycles. The Morgan fingerprint density at radius 2 is 2.27 bits per heavy atom. The molecule has 0 aliphatic carbocycles. The first kappa shape index (κ1) is 13.7. The van der Waals surface area contributed by atoms with Crippen LogP contribution in [0.4, 0.5) is 0 Å². The lowest BCUT2D eigenvalue weighted by Gasteiger charge is -2.15. The number of allylic oxidation sites excluding steroid dienone is 2. The van der Waals surface area contributed by atoms with Gasteiger partial charge < -0.3 is 15.2 Å². The quantitative estimate of drug-likeness (QED) is 0.376. The first-order valence-electron chi connectivity index (χ1n) is 4.88. The molecule has 0 radical (unpaired) electrons. The molecule has 0 spiro atoms. The van der Waals surface area contributed by atoms with Crippen molar-refractivity contribution in [2.45, 2.75) is 25.9 Å². The zero-order chi connectivity index (χ0) is 11.7. The van der Waals surface area contributed by atoms with E-state index in [9.17, 15) is 4.79 Å². The molecule has 1 atom stereocenters. The molecule has 0 fully saturated rings. The number of amides is 1. The van der Waals surface area contributed by atoms with E-state index in [4.69, 9.17) is 15.2 Å². The second-order valence-electron chi connectivity index (χ2n) is 3.10. The van der Waals surface area contributed by atoms with Crippen molar-refractivity contribution in [2.75, 3.05) is 13.7 Å². The van der Waals surface area contributed by atoms with Crippen molar-refractivity contribution in [3.63, 3.8) is 0 Å². The molecule has 0 rings (SSSR count). The number of carbonyl (C=O) groups is 1. The van der Waals surface area contributed by atoms with Crippen molar-refractivity contribution >= 4 is 5.91 Å². The highest BCUT2D eigenvalue weighted by Gasteiger charge is 2.07. The number of methoxy groups -OCH3 is 1. The number of nitrogens with two attached hydrogens (primary N) is 1. The van der Waals surface area contributed by atoms with Crippen LogP contribution in [0.2, 0.25) is 0 Å². The molecule has 0 saturated carbocycles. The maximum Gasteiger partial charge on any atom is 0.217 e. The minimum absolute atomic E-state index is 0.114. The SMILES string of the molecule is C=C/C=C(\OCCCC(N)=O)[C@@H](C)OC. The third kappa shape index (κ3) is 6.74. The van der Waals surface area contributed by atoms with Gasteiger partial charge in [0.15, 0.2) is 0 Å². The van der Waals surface area contributed by atoms with E-state index in [-0.39, 0.29) is 12.0 Å². The fourth-order valence-electron chi connectivity index (χ4n) is 0.970. The Balaban J connectivity index is 3.92.